The van der Waals surface area contributed by atoms with Crippen molar-refractivity contribution in [1.82, 2.24) is 20.0 Å². The topological polar surface area (TPSA) is 67.2 Å². The predicted octanol–water partition coefficient (Wildman–Crippen LogP) is 3.56. The molecule has 0 bridgehead atoms. The second kappa shape index (κ2) is 10.0. The van der Waals surface area contributed by atoms with E-state index in [9.17, 15) is 9.59 Å². The molecule has 6 nitrogen and oxygen atoms in total. The van der Waals surface area contributed by atoms with Crippen LogP contribution >= 0.6 is 11.3 Å². The van der Waals surface area contributed by atoms with Gasteiger partial charge in [0.1, 0.15) is 5.69 Å². The molecule has 1 fully saturated rings. The number of nitrogens with one attached hydrogen (secondary N) is 1. The van der Waals surface area contributed by atoms with E-state index in [0.717, 1.165) is 24.6 Å². The Morgan fingerprint density at radius 2 is 1.90 bits per heavy atom. The largest absolute Gasteiger partial charge is 0.349 e. The average Bonchev–Trinajstić information content (AvgIpc) is 3.32. The van der Waals surface area contributed by atoms with Crippen LogP contribution in [0.4, 0.5) is 0 Å². The van der Waals surface area contributed by atoms with Crippen LogP contribution in [0.5, 0.6) is 0 Å². The summed E-state index contributed by atoms with van der Waals surface area (Å²) in [7, 11) is 0. The molecule has 1 aliphatic rings. The number of hydrogen-bond donors (Lipinski definition) is 1. The minimum absolute atomic E-state index is 0.159. The number of carbonyl (C=O) groups is 1. The van der Waals surface area contributed by atoms with Crippen LogP contribution < -0.4 is 10.9 Å². The molecule has 1 saturated heterocycles. The molecule has 1 atom stereocenters. The van der Waals surface area contributed by atoms with Crippen molar-refractivity contribution < 1.29 is 4.79 Å². The van der Waals surface area contributed by atoms with E-state index >= 15 is 0 Å². The first-order chi connectivity index (χ1) is 15.1. The monoisotopic (exact) mass is 436 g/mol. The van der Waals surface area contributed by atoms with E-state index in [0.29, 0.717) is 13.1 Å². The number of benzene rings is 1. The molecule has 0 spiro atoms. The van der Waals surface area contributed by atoms with Crippen molar-refractivity contribution in [2.45, 2.75) is 32.4 Å². The zero-order valence-electron chi connectivity index (χ0n) is 17.7. The van der Waals surface area contributed by atoms with E-state index in [1.165, 1.54) is 34.5 Å². The first kappa shape index (κ1) is 21.5. The summed E-state index contributed by atoms with van der Waals surface area (Å²) in [4.78, 5) is 28.8. The molecule has 2 aromatic heterocycles. The fraction of sp³-hybridized carbons (Fsp3) is 0.375. The molecule has 0 aliphatic carbocycles. The highest BCUT2D eigenvalue weighted by Crippen LogP contribution is 2.29. The van der Waals surface area contributed by atoms with E-state index in [4.69, 9.17) is 0 Å². The van der Waals surface area contributed by atoms with Gasteiger partial charge in [0.25, 0.3) is 11.5 Å². The van der Waals surface area contributed by atoms with Gasteiger partial charge >= 0.3 is 0 Å². The highest BCUT2D eigenvalue weighted by molar-refractivity contribution is 7.10. The number of rotatable bonds is 7. The third kappa shape index (κ3) is 5.48. The molecule has 1 N–H and O–H groups in total. The smallest absolute Gasteiger partial charge is 0.271 e. The second-order valence-corrected chi connectivity index (χ2v) is 9.14. The normalized spacial score (nSPS) is 16.2. The van der Waals surface area contributed by atoms with Gasteiger partial charge in [-0.15, -0.1) is 11.3 Å². The van der Waals surface area contributed by atoms with Crippen LogP contribution in [0.3, 0.4) is 0 Å². The Hall–Kier alpha value is -2.77. The zero-order valence-corrected chi connectivity index (χ0v) is 18.6. The predicted molar refractivity (Wildman–Crippen MR) is 123 cm³/mol. The molecule has 1 aliphatic heterocycles. The summed E-state index contributed by atoms with van der Waals surface area (Å²) >= 11 is 1.72. The van der Waals surface area contributed by atoms with Crippen LogP contribution in [0.15, 0.2) is 64.8 Å². The quantitative estimate of drug-likeness (QED) is 0.615. The van der Waals surface area contributed by atoms with Gasteiger partial charge in [0.05, 0.1) is 12.6 Å². The Kier molecular flexibility index (Phi) is 6.94. The van der Waals surface area contributed by atoms with Crippen molar-refractivity contribution in [3.63, 3.8) is 0 Å². The zero-order chi connectivity index (χ0) is 21.6. The van der Waals surface area contributed by atoms with Crippen LogP contribution in [0, 0.1) is 5.92 Å². The summed E-state index contributed by atoms with van der Waals surface area (Å²) in [6.07, 6.45) is 2.36. The van der Waals surface area contributed by atoms with Gasteiger partial charge in [0.2, 0.25) is 0 Å². The Morgan fingerprint density at radius 1 is 1.13 bits per heavy atom. The van der Waals surface area contributed by atoms with Gasteiger partial charge < -0.3 is 5.32 Å². The number of nitrogens with zero attached hydrogens (tertiary/aromatic N) is 3. The van der Waals surface area contributed by atoms with Crippen LogP contribution in [0.25, 0.3) is 0 Å². The number of piperidine rings is 1. The van der Waals surface area contributed by atoms with Crippen molar-refractivity contribution in [2.24, 2.45) is 5.92 Å². The number of thiophene rings is 1. The van der Waals surface area contributed by atoms with Gasteiger partial charge in [0.15, 0.2) is 0 Å². The fourth-order valence-electron chi connectivity index (χ4n) is 3.95. The summed E-state index contributed by atoms with van der Waals surface area (Å²) in [6.45, 7) is 5.24. The SMILES string of the molecule is CC1CCN(C(CNC(=O)c2ccc(=O)n(Cc3ccccc3)n2)c2cccs2)CC1. The molecular weight excluding hydrogens is 408 g/mol. The second-order valence-electron chi connectivity index (χ2n) is 8.16. The van der Waals surface area contributed by atoms with Crippen molar-refractivity contribution in [2.75, 3.05) is 19.6 Å². The lowest BCUT2D eigenvalue weighted by Gasteiger charge is -2.36. The maximum absolute atomic E-state index is 12.9. The molecule has 7 heteroatoms. The number of likely N-dealkylation sites (tertiary alicyclic amines) is 1. The lowest BCUT2D eigenvalue weighted by molar-refractivity contribution is 0.0907. The van der Waals surface area contributed by atoms with Gasteiger partial charge in [-0.05, 0) is 54.9 Å². The molecule has 31 heavy (non-hydrogen) atoms. The highest BCUT2D eigenvalue weighted by atomic mass is 32.1. The van der Waals surface area contributed by atoms with Crippen LogP contribution in [-0.2, 0) is 6.54 Å². The number of hydrogen-bond acceptors (Lipinski definition) is 5. The Morgan fingerprint density at radius 3 is 2.61 bits per heavy atom. The highest BCUT2D eigenvalue weighted by Gasteiger charge is 2.26. The first-order valence-electron chi connectivity index (χ1n) is 10.8. The standard InChI is InChI=1S/C24H28N4O2S/c1-18-11-13-27(14-12-18)21(22-8-5-15-31-22)16-25-24(30)20-9-10-23(29)28(26-20)17-19-6-3-2-4-7-19/h2-10,15,18,21H,11-14,16-17H2,1H3,(H,25,30). The molecule has 0 saturated carbocycles. The van der Waals surface area contributed by atoms with E-state index in [2.05, 4.69) is 39.8 Å². The first-order valence-corrected chi connectivity index (χ1v) is 11.7. The summed E-state index contributed by atoms with van der Waals surface area (Å²) in [6, 6.07) is 16.9. The summed E-state index contributed by atoms with van der Waals surface area (Å²) < 4.78 is 1.34. The molecule has 1 unspecified atom stereocenters. The third-order valence-corrected chi connectivity index (χ3v) is 6.83. The van der Waals surface area contributed by atoms with Crippen LogP contribution in [-0.4, -0.2) is 40.2 Å². The van der Waals surface area contributed by atoms with Crippen LogP contribution in [0.1, 0.15) is 46.7 Å². The Balaban J connectivity index is 1.45. The average molecular weight is 437 g/mol. The minimum Gasteiger partial charge on any atom is -0.349 e. The minimum atomic E-state index is -0.256. The number of amides is 1. The Labute approximate surface area is 186 Å². The van der Waals surface area contributed by atoms with E-state index in [1.807, 2.05) is 30.3 Å². The summed E-state index contributed by atoms with van der Waals surface area (Å²) in [5, 5.41) is 9.45. The maximum Gasteiger partial charge on any atom is 0.271 e. The van der Waals surface area contributed by atoms with E-state index in [1.54, 1.807) is 11.3 Å². The molecule has 0 radical (unpaired) electrons. The molecule has 4 rings (SSSR count). The van der Waals surface area contributed by atoms with E-state index in [-0.39, 0.29) is 23.2 Å². The Bertz CT molecular complexity index is 1040. The van der Waals surface area contributed by atoms with Gasteiger partial charge in [-0.1, -0.05) is 43.3 Å². The molecule has 1 amide bonds. The lowest BCUT2D eigenvalue weighted by Crippen LogP contribution is -2.42. The van der Waals surface area contributed by atoms with Gasteiger partial charge in [-0.3, -0.25) is 14.5 Å². The molecule has 3 heterocycles. The summed E-state index contributed by atoms with van der Waals surface area (Å²) in [5.74, 6) is 0.499. The van der Waals surface area contributed by atoms with E-state index < -0.39 is 0 Å². The lowest BCUT2D eigenvalue weighted by atomic mass is 9.97. The molecule has 162 valence electrons. The molecule has 3 aromatic rings. The van der Waals surface area contributed by atoms with Crippen molar-refractivity contribution in [3.05, 3.63) is 86.5 Å². The maximum atomic E-state index is 12.9. The third-order valence-electron chi connectivity index (χ3n) is 5.86. The molecular formula is C24H28N4O2S. The van der Waals surface area contributed by atoms with Crippen molar-refractivity contribution >= 4 is 17.2 Å². The van der Waals surface area contributed by atoms with Gasteiger partial charge in [-0.2, -0.15) is 5.10 Å². The molecule has 1 aromatic carbocycles. The van der Waals surface area contributed by atoms with Crippen molar-refractivity contribution in [1.29, 1.82) is 0 Å². The van der Waals surface area contributed by atoms with Gasteiger partial charge in [-0.25, -0.2) is 4.68 Å². The number of carbonyl (C=O) groups excluding carboxylic acids is 1. The fourth-order valence-corrected chi connectivity index (χ4v) is 4.81. The summed E-state index contributed by atoms with van der Waals surface area (Å²) in [5.41, 5.74) is 0.999. The van der Waals surface area contributed by atoms with Gasteiger partial charge in [0, 0.05) is 17.5 Å². The van der Waals surface area contributed by atoms with Crippen LogP contribution in [0.2, 0.25) is 0 Å². The number of aromatic nitrogens is 2. The van der Waals surface area contributed by atoms with Crippen molar-refractivity contribution in [3.8, 4) is 0 Å².